The Morgan fingerprint density at radius 2 is 1.56 bits per heavy atom. The maximum atomic E-state index is 12.3. The van der Waals surface area contributed by atoms with Crippen LogP contribution in [0.2, 0.25) is 5.02 Å². The van der Waals surface area contributed by atoms with E-state index in [1.165, 1.54) is 18.7 Å². The predicted octanol–water partition coefficient (Wildman–Crippen LogP) is 3.29. The molecular formula is C18H18ClN3O3. The number of hydrogen-bond donors (Lipinski definition) is 2. The van der Waals surface area contributed by atoms with Gasteiger partial charge in [0, 0.05) is 35.9 Å². The SMILES string of the molecule is CC(=O)Nc1cccc(NC(=O)CN(C(C)=O)c2ccc(Cl)cc2)c1. The summed E-state index contributed by atoms with van der Waals surface area (Å²) in [5.41, 5.74) is 1.68. The van der Waals surface area contributed by atoms with Crippen LogP contribution in [0, 0.1) is 0 Å². The molecule has 0 unspecified atom stereocenters. The number of carbonyl (C=O) groups is 3. The second-order valence-corrected chi connectivity index (χ2v) is 5.83. The molecule has 2 N–H and O–H groups in total. The zero-order valence-electron chi connectivity index (χ0n) is 13.9. The highest BCUT2D eigenvalue weighted by Crippen LogP contribution is 2.19. The molecule has 6 nitrogen and oxygen atoms in total. The molecule has 0 spiro atoms. The van der Waals surface area contributed by atoms with Crippen LogP contribution in [0.3, 0.4) is 0 Å². The number of anilines is 3. The van der Waals surface area contributed by atoms with Crippen LogP contribution in [0.15, 0.2) is 48.5 Å². The van der Waals surface area contributed by atoms with Gasteiger partial charge in [0.2, 0.25) is 17.7 Å². The Kier molecular flexibility index (Phi) is 6.14. The zero-order valence-corrected chi connectivity index (χ0v) is 14.6. The van der Waals surface area contributed by atoms with Crippen LogP contribution in [0.1, 0.15) is 13.8 Å². The van der Waals surface area contributed by atoms with Crippen LogP contribution in [0.4, 0.5) is 17.1 Å². The lowest BCUT2D eigenvalue weighted by Crippen LogP contribution is -2.36. The lowest BCUT2D eigenvalue weighted by molar-refractivity contribution is -0.120. The molecule has 2 aromatic carbocycles. The Morgan fingerprint density at radius 1 is 0.960 bits per heavy atom. The summed E-state index contributed by atoms with van der Waals surface area (Å²) in [7, 11) is 0. The molecule has 7 heteroatoms. The third-order valence-electron chi connectivity index (χ3n) is 3.29. The molecule has 0 aliphatic rings. The topological polar surface area (TPSA) is 78.5 Å². The van der Waals surface area contributed by atoms with E-state index in [1.54, 1.807) is 48.5 Å². The van der Waals surface area contributed by atoms with Gasteiger partial charge in [0.25, 0.3) is 0 Å². The minimum atomic E-state index is -0.356. The highest BCUT2D eigenvalue weighted by atomic mass is 35.5. The van der Waals surface area contributed by atoms with Crippen molar-refractivity contribution in [1.29, 1.82) is 0 Å². The molecular weight excluding hydrogens is 342 g/mol. The monoisotopic (exact) mass is 359 g/mol. The predicted molar refractivity (Wildman–Crippen MR) is 98.9 cm³/mol. The Balaban J connectivity index is 2.08. The molecule has 0 saturated carbocycles. The van der Waals surface area contributed by atoms with Gasteiger partial charge in [-0.25, -0.2) is 0 Å². The second-order valence-electron chi connectivity index (χ2n) is 5.39. The number of nitrogens with zero attached hydrogens (tertiary/aromatic N) is 1. The van der Waals surface area contributed by atoms with E-state index < -0.39 is 0 Å². The minimum absolute atomic E-state index is 0.138. The number of halogens is 1. The van der Waals surface area contributed by atoms with Gasteiger partial charge in [-0.2, -0.15) is 0 Å². The van der Waals surface area contributed by atoms with Gasteiger partial charge in [-0.05, 0) is 42.5 Å². The maximum absolute atomic E-state index is 12.3. The lowest BCUT2D eigenvalue weighted by atomic mass is 10.2. The highest BCUT2D eigenvalue weighted by molar-refractivity contribution is 6.30. The molecule has 25 heavy (non-hydrogen) atoms. The summed E-state index contributed by atoms with van der Waals surface area (Å²) in [6.07, 6.45) is 0. The van der Waals surface area contributed by atoms with Gasteiger partial charge in [0.05, 0.1) is 0 Å². The smallest absolute Gasteiger partial charge is 0.244 e. The number of rotatable bonds is 5. The van der Waals surface area contributed by atoms with Gasteiger partial charge >= 0.3 is 0 Å². The minimum Gasteiger partial charge on any atom is -0.326 e. The van der Waals surface area contributed by atoms with Crippen LogP contribution in [-0.4, -0.2) is 24.3 Å². The van der Waals surface area contributed by atoms with E-state index in [2.05, 4.69) is 10.6 Å². The zero-order chi connectivity index (χ0) is 18.4. The van der Waals surface area contributed by atoms with Crippen molar-refractivity contribution >= 4 is 46.4 Å². The van der Waals surface area contributed by atoms with Crippen molar-refractivity contribution in [2.75, 3.05) is 22.1 Å². The molecule has 130 valence electrons. The van der Waals surface area contributed by atoms with Crippen molar-refractivity contribution in [3.05, 3.63) is 53.6 Å². The number of benzene rings is 2. The van der Waals surface area contributed by atoms with Crippen molar-refractivity contribution < 1.29 is 14.4 Å². The van der Waals surface area contributed by atoms with Gasteiger partial charge in [-0.3, -0.25) is 14.4 Å². The third-order valence-corrected chi connectivity index (χ3v) is 3.54. The molecule has 0 radical (unpaired) electrons. The van der Waals surface area contributed by atoms with E-state index in [0.29, 0.717) is 22.1 Å². The molecule has 0 aliphatic heterocycles. The lowest BCUT2D eigenvalue weighted by Gasteiger charge is -2.20. The highest BCUT2D eigenvalue weighted by Gasteiger charge is 2.16. The Morgan fingerprint density at radius 3 is 2.12 bits per heavy atom. The Bertz CT molecular complexity index is 790. The summed E-state index contributed by atoms with van der Waals surface area (Å²) in [4.78, 5) is 36.6. The van der Waals surface area contributed by atoms with E-state index in [-0.39, 0.29) is 24.3 Å². The molecule has 0 atom stereocenters. The summed E-state index contributed by atoms with van der Waals surface area (Å²) < 4.78 is 0. The molecule has 0 fully saturated rings. The number of amides is 3. The van der Waals surface area contributed by atoms with Gasteiger partial charge in [-0.15, -0.1) is 0 Å². The van der Waals surface area contributed by atoms with Crippen molar-refractivity contribution in [2.24, 2.45) is 0 Å². The first-order valence-corrected chi connectivity index (χ1v) is 7.94. The average Bonchev–Trinajstić information content (AvgIpc) is 2.53. The van der Waals surface area contributed by atoms with Crippen LogP contribution in [-0.2, 0) is 14.4 Å². The van der Waals surface area contributed by atoms with E-state index >= 15 is 0 Å². The van der Waals surface area contributed by atoms with Gasteiger partial charge < -0.3 is 15.5 Å². The molecule has 0 saturated heterocycles. The summed E-state index contributed by atoms with van der Waals surface area (Å²) in [6, 6.07) is 13.4. The fourth-order valence-corrected chi connectivity index (χ4v) is 2.35. The largest absolute Gasteiger partial charge is 0.326 e. The molecule has 0 bridgehead atoms. The van der Waals surface area contributed by atoms with E-state index in [4.69, 9.17) is 11.6 Å². The molecule has 2 rings (SSSR count). The first-order chi connectivity index (χ1) is 11.8. The third kappa shape index (κ3) is 5.61. The fourth-order valence-electron chi connectivity index (χ4n) is 2.23. The Hall–Kier alpha value is -2.86. The average molecular weight is 360 g/mol. The molecule has 3 amide bonds. The number of carbonyl (C=O) groups excluding carboxylic acids is 3. The summed E-state index contributed by atoms with van der Waals surface area (Å²) in [6.45, 7) is 2.66. The van der Waals surface area contributed by atoms with Crippen LogP contribution in [0.5, 0.6) is 0 Å². The maximum Gasteiger partial charge on any atom is 0.244 e. The standard InChI is InChI=1S/C18H18ClN3O3/c1-12(23)20-15-4-3-5-16(10-15)21-18(25)11-22(13(2)24)17-8-6-14(19)7-9-17/h3-10H,11H2,1-2H3,(H,20,23)(H,21,25). The van der Waals surface area contributed by atoms with Crippen molar-refractivity contribution in [1.82, 2.24) is 0 Å². The van der Waals surface area contributed by atoms with Crippen molar-refractivity contribution in [3.63, 3.8) is 0 Å². The first-order valence-electron chi connectivity index (χ1n) is 7.56. The van der Waals surface area contributed by atoms with E-state index in [1.807, 2.05) is 0 Å². The van der Waals surface area contributed by atoms with Gasteiger partial charge in [-0.1, -0.05) is 17.7 Å². The van der Waals surface area contributed by atoms with Crippen molar-refractivity contribution in [3.8, 4) is 0 Å². The van der Waals surface area contributed by atoms with Crippen molar-refractivity contribution in [2.45, 2.75) is 13.8 Å². The van der Waals surface area contributed by atoms with Crippen LogP contribution >= 0.6 is 11.6 Å². The second kappa shape index (κ2) is 8.30. The molecule has 2 aromatic rings. The van der Waals surface area contributed by atoms with Crippen LogP contribution < -0.4 is 15.5 Å². The normalized spacial score (nSPS) is 10.0. The molecule has 0 aliphatic carbocycles. The fraction of sp³-hybridized carbons (Fsp3) is 0.167. The summed E-state index contributed by atoms with van der Waals surface area (Å²) in [5, 5.41) is 5.90. The number of nitrogens with one attached hydrogen (secondary N) is 2. The quantitative estimate of drug-likeness (QED) is 0.859. The van der Waals surface area contributed by atoms with Crippen LogP contribution in [0.25, 0.3) is 0 Å². The number of hydrogen-bond acceptors (Lipinski definition) is 3. The van der Waals surface area contributed by atoms with E-state index in [0.717, 1.165) is 0 Å². The van der Waals surface area contributed by atoms with Gasteiger partial charge in [0.15, 0.2) is 0 Å². The summed E-state index contributed by atoms with van der Waals surface area (Å²) >= 11 is 5.85. The van der Waals surface area contributed by atoms with E-state index in [9.17, 15) is 14.4 Å². The molecule has 0 aromatic heterocycles. The summed E-state index contributed by atoms with van der Waals surface area (Å²) in [5.74, 6) is -0.816. The first kappa shape index (κ1) is 18.5. The molecule has 0 heterocycles. The Labute approximate surface area is 150 Å². The van der Waals surface area contributed by atoms with Gasteiger partial charge in [0.1, 0.15) is 6.54 Å².